The summed E-state index contributed by atoms with van der Waals surface area (Å²) in [4.78, 5) is 13.7. The Morgan fingerprint density at radius 1 is 1.23 bits per heavy atom. The third-order valence-electron chi connectivity index (χ3n) is 6.39. The standard InChI is InChI=1S/C27H28F4N6O2/c1-32-27(38)16-9-10-19(22(14-16)39-3)33-12-5-6-20-24(25(29)26(30)31)21-7-4-8-23(37(21)35-20)34-18-11-13-36(2)15-17(18)28/h4,7-10,14,17-18,33-34H,11-13,15H2,1-3H3,(H,32,38)/t17-,18+/m0/s1. The number of likely N-dealkylation sites (tertiary alicyclic amines) is 1. The number of nitrogens with one attached hydrogen (secondary N) is 3. The van der Waals surface area contributed by atoms with E-state index in [1.807, 2.05) is 11.9 Å². The molecule has 2 aromatic heterocycles. The zero-order chi connectivity index (χ0) is 28.1. The number of carbonyl (C=O) groups excluding carboxylic acids is 1. The van der Waals surface area contributed by atoms with E-state index in [1.54, 1.807) is 30.3 Å². The molecule has 4 rings (SSSR count). The van der Waals surface area contributed by atoms with Crippen LogP contribution in [0.25, 0.3) is 11.3 Å². The number of amides is 1. The predicted octanol–water partition coefficient (Wildman–Crippen LogP) is 4.15. The molecule has 2 atom stereocenters. The number of benzene rings is 1. The zero-order valence-corrected chi connectivity index (χ0v) is 21.6. The van der Waals surface area contributed by atoms with Crippen molar-refractivity contribution in [1.29, 1.82) is 0 Å². The highest BCUT2D eigenvalue weighted by atomic mass is 19.3. The number of halogens is 4. The Labute approximate surface area is 223 Å². The summed E-state index contributed by atoms with van der Waals surface area (Å²) in [6.07, 6.45) is -3.12. The molecule has 1 saturated heterocycles. The average molecular weight is 545 g/mol. The van der Waals surface area contributed by atoms with Crippen molar-refractivity contribution in [2.75, 3.05) is 51.5 Å². The second-order valence-corrected chi connectivity index (χ2v) is 8.97. The summed E-state index contributed by atoms with van der Waals surface area (Å²) in [6, 6.07) is 8.91. The summed E-state index contributed by atoms with van der Waals surface area (Å²) in [5.41, 5.74) is 0.371. The van der Waals surface area contributed by atoms with Crippen molar-refractivity contribution in [2.24, 2.45) is 0 Å². The monoisotopic (exact) mass is 544 g/mol. The van der Waals surface area contributed by atoms with E-state index in [1.165, 1.54) is 24.7 Å². The maximum atomic E-state index is 14.6. The fraction of sp³-hybridized carbons (Fsp3) is 0.333. The molecule has 1 aliphatic rings. The largest absolute Gasteiger partial charge is 0.495 e. The second-order valence-electron chi connectivity index (χ2n) is 8.97. The van der Waals surface area contributed by atoms with Gasteiger partial charge in [0.25, 0.3) is 5.91 Å². The third-order valence-corrected chi connectivity index (χ3v) is 6.39. The number of ether oxygens (including phenoxy) is 1. The number of aromatic nitrogens is 2. The Bertz CT molecular complexity index is 1460. The van der Waals surface area contributed by atoms with Crippen LogP contribution < -0.4 is 20.7 Å². The average Bonchev–Trinajstić information content (AvgIpc) is 3.30. The number of anilines is 2. The number of rotatable bonds is 7. The topological polar surface area (TPSA) is 82.9 Å². The maximum absolute atomic E-state index is 14.6. The fourth-order valence-corrected chi connectivity index (χ4v) is 4.38. The van der Waals surface area contributed by atoms with Crippen molar-refractivity contribution < 1.29 is 27.1 Å². The van der Waals surface area contributed by atoms with Crippen molar-refractivity contribution >= 4 is 28.8 Å². The molecule has 1 aliphatic heterocycles. The molecule has 12 heteroatoms. The van der Waals surface area contributed by atoms with Gasteiger partial charge in [0.15, 0.2) is 0 Å². The SMILES string of the molecule is CNC(=O)c1ccc(NCC#Cc2nn3c(N[C@@H]4CCN(C)C[C@@H]4F)cccc3c2C(F)=C(F)F)c(OC)c1. The number of hydrogen-bond donors (Lipinski definition) is 3. The Balaban J connectivity index is 1.62. The zero-order valence-electron chi connectivity index (χ0n) is 21.6. The van der Waals surface area contributed by atoms with Gasteiger partial charge in [0, 0.05) is 25.7 Å². The summed E-state index contributed by atoms with van der Waals surface area (Å²) in [6.45, 7) is 0.980. The van der Waals surface area contributed by atoms with Gasteiger partial charge in [-0.05, 0) is 49.7 Å². The van der Waals surface area contributed by atoms with Crippen molar-refractivity contribution in [3.05, 3.63) is 59.3 Å². The van der Waals surface area contributed by atoms with Crippen LogP contribution in [0.15, 0.2) is 42.5 Å². The van der Waals surface area contributed by atoms with E-state index in [4.69, 9.17) is 4.74 Å². The minimum atomic E-state index is -2.50. The van der Waals surface area contributed by atoms with Gasteiger partial charge in [0.05, 0.1) is 36.5 Å². The molecule has 39 heavy (non-hydrogen) atoms. The highest BCUT2D eigenvalue weighted by molar-refractivity contribution is 5.95. The molecule has 3 N–H and O–H groups in total. The lowest BCUT2D eigenvalue weighted by Crippen LogP contribution is -2.46. The third kappa shape index (κ3) is 6.09. The molecule has 8 nitrogen and oxygen atoms in total. The molecule has 0 saturated carbocycles. The molecular formula is C27H28F4N6O2. The number of methoxy groups -OCH3 is 1. The quantitative estimate of drug-likeness (QED) is 0.306. The molecule has 1 amide bonds. The van der Waals surface area contributed by atoms with Crippen molar-refractivity contribution in [2.45, 2.75) is 18.6 Å². The van der Waals surface area contributed by atoms with Crippen LogP contribution in [0.1, 0.15) is 28.0 Å². The number of hydrogen-bond acceptors (Lipinski definition) is 6. The van der Waals surface area contributed by atoms with E-state index in [2.05, 4.69) is 32.9 Å². The molecule has 1 aromatic carbocycles. The van der Waals surface area contributed by atoms with E-state index < -0.39 is 29.7 Å². The Morgan fingerprint density at radius 2 is 2.03 bits per heavy atom. The van der Waals surface area contributed by atoms with Crippen LogP contribution in [0, 0.1) is 11.8 Å². The molecule has 0 aliphatic carbocycles. The summed E-state index contributed by atoms with van der Waals surface area (Å²) < 4.78 is 62.6. The van der Waals surface area contributed by atoms with Gasteiger partial charge in [0.2, 0.25) is 5.83 Å². The van der Waals surface area contributed by atoms with E-state index in [9.17, 15) is 22.4 Å². The molecule has 1 fully saturated rings. The predicted molar refractivity (Wildman–Crippen MR) is 142 cm³/mol. The Morgan fingerprint density at radius 3 is 2.72 bits per heavy atom. The first-order valence-corrected chi connectivity index (χ1v) is 12.2. The summed E-state index contributed by atoms with van der Waals surface area (Å²) in [7, 11) is 4.80. The second kappa shape index (κ2) is 12.1. The van der Waals surface area contributed by atoms with Gasteiger partial charge in [-0.1, -0.05) is 12.0 Å². The molecule has 0 bridgehead atoms. The van der Waals surface area contributed by atoms with Gasteiger partial charge in [-0.25, -0.2) is 13.3 Å². The Hall–Kier alpha value is -4.24. The van der Waals surface area contributed by atoms with Crippen molar-refractivity contribution in [3.8, 4) is 17.6 Å². The van der Waals surface area contributed by atoms with Crippen LogP contribution in [0.3, 0.4) is 0 Å². The number of alkyl halides is 1. The molecular weight excluding hydrogens is 516 g/mol. The van der Waals surface area contributed by atoms with Crippen LogP contribution in [0.5, 0.6) is 5.75 Å². The minimum Gasteiger partial charge on any atom is -0.495 e. The van der Waals surface area contributed by atoms with Crippen molar-refractivity contribution in [3.63, 3.8) is 0 Å². The highest BCUT2D eigenvalue weighted by Crippen LogP contribution is 2.31. The van der Waals surface area contributed by atoms with E-state index in [0.29, 0.717) is 35.8 Å². The minimum absolute atomic E-state index is 0.0384. The van der Waals surface area contributed by atoms with Gasteiger partial charge in [0.1, 0.15) is 23.4 Å². The number of pyridine rings is 1. The number of carbonyl (C=O) groups is 1. The summed E-state index contributed by atoms with van der Waals surface area (Å²) in [5, 5.41) is 12.9. The Kier molecular flexibility index (Phi) is 8.61. The van der Waals surface area contributed by atoms with Gasteiger partial charge in [-0.3, -0.25) is 4.79 Å². The van der Waals surface area contributed by atoms with Crippen LogP contribution in [0.2, 0.25) is 0 Å². The maximum Gasteiger partial charge on any atom is 0.306 e. The van der Waals surface area contributed by atoms with Crippen LogP contribution >= 0.6 is 0 Å². The number of nitrogens with zero attached hydrogens (tertiary/aromatic N) is 3. The smallest absolute Gasteiger partial charge is 0.306 e. The summed E-state index contributed by atoms with van der Waals surface area (Å²) in [5.74, 6) is 4.16. The molecule has 0 spiro atoms. The molecule has 3 heterocycles. The van der Waals surface area contributed by atoms with Crippen LogP contribution in [-0.2, 0) is 0 Å². The fourth-order valence-electron chi connectivity index (χ4n) is 4.38. The van der Waals surface area contributed by atoms with Crippen LogP contribution in [0.4, 0.5) is 29.1 Å². The van der Waals surface area contributed by atoms with E-state index in [-0.39, 0.29) is 30.2 Å². The highest BCUT2D eigenvalue weighted by Gasteiger charge is 2.28. The first-order chi connectivity index (χ1) is 18.7. The molecule has 0 radical (unpaired) electrons. The first kappa shape index (κ1) is 27.8. The van der Waals surface area contributed by atoms with E-state index >= 15 is 0 Å². The summed E-state index contributed by atoms with van der Waals surface area (Å²) >= 11 is 0. The van der Waals surface area contributed by atoms with Gasteiger partial charge >= 0.3 is 6.08 Å². The number of fused-ring (bicyclic) bond motifs is 1. The number of piperidine rings is 1. The lowest BCUT2D eigenvalue weighted by molar-refractivity contribution is 0.0962. The van der Waals surface area contributed by atoms with Gasteiger partial charge in [-0.15, -0.1) is 0 Å². The van der Waals surface area contributed by atoms with Gasteiger partial charge in [-0.2, -0.15) is 13.9 Å². The van der Waals surface area contributed by atoms with Crippen molar-refractivity contribution in [1.82, 2.24) is 19.8 Å². The van der Waals surface area contributed by atoms with E-state index in [0.717, 1.165) is 0 Å². The lowest BCUT2D eigenvalue weighted by atomic mass is 10.0. The van der Waals surface area contributed by atoms with Crippen LogP contribution in [-0.4, -0.2) is 73.5 Å². The normalized spacial score (nSPS) is 17.2. The molecule has 0 unspecified atom stereocenters. The molecule has 206 valence electrons. The first-order valence-electron chi connectivity index (χ1n) is 12.2. The lowest BCUT2D eigenvalue weighted by Gasteiger charge is -2.33. The van der Waals surface area contributed by atoms with Gasteiger partial charge < -0.3 is 25.6 Å². The molecule has 3 aromatic rings.